The maximum atomic E-state index is 13.4. The number of hydrogen-bond acceptors (Lipinski definition) is 9. The van der Waals surface area contributed by atoms with Crippen LogP contribution < -0.4 is 20.3 Å². The smallest absolute Gasteiger partial charge is 0.293 e. The van der Waals surface area contributed by atoms with E-state index in [9.17, 15) is 19.7 Å². The Morgan fingerprint density at radius 1 is 0.935 bits per heavy atom. The van der Waals surface area contributed by atoms with E-state index in [2.05, 4.69) is 20.5 Å². The number of carbonyl (C=O) groups excluding carboxylic acids is 2. The molecule has 234 valence electrons. The quantitative estimate of drug-likeness (QED) is 0.139. The second kappa shape index (κ2) is 13.7. The molecule has 2 heterocycles. The summed E-state index contributed by atoms with van der Waals surface area (Å²) >= 11 is 1.24. The Morgan fingerprint density at radius 2 is 1.67 bits per heavy atom. The predicted molar refractivity (Wildman–Crippen MR) is 180 cm³/mol. The number of thiazole rings is 1. The van der Waals surface area contributed by atoms with Gasteiger partial charge >= 0.3 is 0 Å². The van der Waals surface area contributed by atoms with Crippen molar-refractivity contribution in [2.24, 2.45) is 0 Å². The lowest BCUT2D eigenvalue weighted by atomic mass is 10.1. The van der Waals surface area contributed by atoms with Gasteiger partial charge in [-0.3, -0.25) is 25.0 Å². The summed E-state index contributed by atoms with van der Waals surface area (Å²) in [4.78, 5) is 46.3. The number of anilines is 3. The fraction of sp³-hybridized carbons (Fsp3) is 0.206. The first-order valence-electron chi connectivity index (χ1n) is 14.8. The van der Waals surface area contributed by atoms with Crippen LogP contribution in [0.1, 0.15) is 26.3 Å². The summed E-state index contributed by atoms with van der Waals surface area (Å²) in [5.74, 6) is 0.232. The minimum Gasteiger partial charge on any atom is -0.495 e. The maximum Gasteiger partial charge on any atom is 0.293 e. The molecule has 4 aromatic carbocycles. The predicted octanol–water partition coefficient (Wildman–Crippen LogP) is 6.08. The normalized spacial score (nSPS) is 13.0. The third-order valence-electron chi connectivity index (χ3n) is 7.88. The van der Waals surface area contributed by atoms with E-state index in [1.807, 2.05) is 59.5 Å². The number of carbonyl (C=O) groups is 2. The van der Waals surface area contributed by atoms with Gasteiger partial charge in [-0.05, 0) is 54.4 Å². The summed E-state index contributed by atoms with van der Waals surface area (Å²) in [6.45, 7) is 3.03. The van der Waals surface area contributed by atoms with E-state index in [1.165, 1.54) is 17.4 Å². The van der Waals surface area contributed by atoms with Gasteiger partial charge in [0.05, 0.1) is 27.9 Å². The van der Waals surface area contributed by atoms with Crippen molar-refractivity contribution in [1.82, 2.24) is 9.88 Å². The molecule has 0 atom stereocenters. The Kier molecular flexibility index (Phi) is 9.06. The molecule has 6 rings (SSSR count). The Hall–Kier alpha value is -5.49. The Labute approximate surface area is 269 Å². The standard InChI is InChI=1S/C34H32N6O5S/c1-45-30-10-6-5-9-28(30)38-17-19-39(20-18-38)33(42)25-12-14-27-31(22-25)46-34(36-27)37-32(41)24-11-13-26(29(21-24)40(43)44)35-16-15-23-7-3-2-4-8-23/h2-14,21-22,35H,15-20H2,1H3,(H,36,37,41). The molecule has 0 spiro atoms. The first-order valence-corrected chi connectivity index (χ1v) is 15.7. The van der Waals surface area contributed by atoms with Crippen molar-refractivity contribution in [3.8, 4) is 5.75 Å². The third-order valence-corrected chi connectivity index (χ3v) is 8.81. The van der Waals surface area contributed by atoms with E-state index in [0.717, 1.165) is 21.7 Å². The molecular weight excluding hydrogens is 604 g/mol. The summed E-state index contributed by atoms with van der Waals surface area (Å²) in [6.07, 6.45) is 0.700. The maximum absolute atomic E-state index is 13.4. The Balaban J connectivity index is 1.09. The summed E-state index contributed by atoms with van der Waals surface area (Å²) in [5.41, 5.74) is 3.62. The minimum atomic E-state index is -0.512. The van der Waals surface area contributed by atoms with Crippen LogP contribution in [0.25, 0.3) is 10.2 Å². The van der Waals surface area contributed by atoms with Crippen LogP contribution in [-0.4, -0.2) is 66.5 Å². The van der Waals surface area contributed by atoms with Gasteiger partial charge in [-0.25, -0.2) is 4.98 Å². The fourth-order valence-electron chi connectivity index (χ4n) is 5.46. The number of ether oxygens (including phenoxy) is 1. The molecule has 5 aromatic rings. The molecule has 0 saturated carbocycles. The van der Waals surface area contributed by atoms with Crippen LogP contribution in [0.4, 0.5) is 22.2 Å². The molecule has 1 saturated heterocycles. The number of nitrogens with one attached hydrogen (secondary N) is 2. The lowest BCUT2D eigenvalue weighted by Gasteiger charge is -2.36. The number of methoxy groups -OCH3 is 1. The van der Waals surface area contributed by atoms with Crippen LogP contribution in [0.3, 0.4) is 0 Å². The number of hydrogen-bond donors (Lipinski definition) is 2. The van der Waals surface area contributed by atoms with E-state index in [1.54, 1.807) is 37.4 Å². The highest BCUT2D eigenvalue weighted by atomic mass is 32.1. The first-order chi connectivity index (χ1) is 22.4. The monoisotopic (exact) mass is 636 g/mol. The molecule has 1 aromatic heterocycles. The van der Waals surface area contributed by atoms with Gasteiger partial charge in [0.25, 0.3) is 17.5 Å². The number of aromatic nitrogens is 1. The SMILES string of the molecule is COc1ccccc1N1CCN(C(=O)c2ccc3nc(NC(=O)c4ccc(NCCc5ccccc5)c([N+](=O)[O-])c4)sc3c2)CC1. The summed E-state index contributed by atoms with van der Waals surface area (Å²) in [6, 6.07) is 27.3. The largest absolute Gasteiger partial charge is 0.495 e. The number of rotatable bonds is 10. The zero-order valence-electron chi connectivity index (χ0n) is 25.1. The van der Waals surface area contributed by atoms with Crippen LogP contribution >= 0.6 is 11.3 Å². The highest BCUT2D eigenvalue weighted by molar-refractivity contribution is 7.22. The van der Waals surface area contributed by atoms with E-state index >= 15 is 0 Å². The van der Waals surface area contributed by atoms with Gasteiger partial charge in [-0.2, -0.15) is 0 Å². The lowest BCUT2D eigenvalue weighted by Crippen LogP contribution is -2.48. The number of benzene rings is 4. The number of para-hydroxylation sites is 2. The van der Waals surface area contributed by atoms with Crippen molar-refractivity contribution >= 4 is 55.6 Å². The molecule has 0 bridgehead atoms. The second-order valence-corrected chi connectivity index (χ2v) is 11.8. The number of nitro groups is 1. The zero-order chi connectivity index (χ0) is 32.0. The Morgan fingerprint density at radius 3 is 2.43 bits per heavy atom. The van der Waals surface area contributed by atoms with E-state index in [4.69, 9.17) is 4.74 Å². The highest BCUT2D eigenvalue weighted by Crippen LogP contribution is 2.31. The molecule has 46 heavy (non-hydrogen) atoms. The average molecular weight is 637 g/mol. The average Bonchev–Trinajstić information content (AvgIpc) is 3.50. The van der Waals surface area contributed by atoms with Crippen molar-refractivity contribution in [1.29, 1.82) is 0 Å². The van der Waals surface area contributed by atoms with Crippen molar-refractivity contribution < 1.29 is 19.2 Å². The van der Waals surface area contributed by atoms with Gasteiger partial charge in [0.2, 0.25) is 0 Å². The van der Waals surface area contributed by atoms with Gasteiger partial charge in [0, 0.05) is 49.9 Å². The first kappa shape index (κ1) is 30.5. The summed E-state index contributed by atoms with van der Waals surface area (Å²) in [5, 5.41) is 18.0. The Bertz CT molecular complexity index is 1890. The molecule has 0 radical (unpaired) electrons. The molecule has 12 heteroatoms. The number of piperazine rings is 1. The van der Waals surface area contributed by atoms with Crippen LogP contribution in [0.15, 0.2) is 91.0 Å². The number of nitrogens with zero attached hydrogens (tertiary/aromatic N) is 4. The summed E-state index contributed by atoms with van der Waals surface area (Å²) in [7, 11) is 1.65. The van der Waals surface area contributed by atoms with Crippen LogP contribution in [-0.2, 0) is 6.42 Å². The van der Waals surface area contributed by atoms with Gasteiger partial charge in [0.1, 0.15) is 11.4 Å². The van der Waals surface area contributed by atoms with Gasteiger partial charge < -0.3 is 19.9 Å². The molecule has 0 aliphatic carbocycles. The van der Waals surface area contributed by atoms with Crippen molar-refractivity contribution in [2.75, 3.05) is 55.4 Å². The van der Waals surface area contributed by atoms with Crippen molar-refractivity contribution in [3.05, 3.63) is 118 Å². The second-order valence-electron chi connectivity index (χ2n) is 10.8. The summed E-state index contributed by atoms with van der Waals surface area (Å²) < 4.78 is 6.24. The molecule has 11 nitrogen and oxygen atoms in total. The minimum absolute atomic E-state index is 0.0645. The molecular formula is C34H32N6O5S. The molecule has 1 fully saturated rings. The van der Waals surface area contributed by atoms with Gasteiger partial charge in [-0.1, -0.05) is 53.8 Å². The number of amides is 2. The topological polar surface area (TPSA) is 130 Å². The van der Waals surface area contributed by atoms with E-state index in [0.29, 0.717) is 61.0 Å². The third kappa shape index (κ3) is 6.76. The molecule has 1 aliphatic rings. The van der Waals surface area contributed by atoms with Crippen molar-refractivity contribution in [2.45, 2.75) is 6.42 Å². The zero-order valence-corrected chi connectivity index (χ0v) is 26.0. The van der Waals surface area contributed by atoms with Gasteiger partial charge in [0.15, 0.2) is 5.13 Å². The van der Waals surface area contributed by atoms with E-state index < -0.39 is 10.8 Å². The lowest BCUT2D eigenvalue weighted by molar-refractivity contribution is -0.384. The van der Waals surface area contributed by atoms with Crippen LogP contribution in [0.5, 0.6) is 5.75 Å². The van der Waals surface area contributed by atoms with Crippen LogP contribution in [0, 0.1) is 10.1 Å². The van der Waals surface area contributed by atoms with E-state index in [-0.39, 0.29) is 17.2 Å². The van der Waals surface area contributed by atoms with Crippen LogP contribution in [0.2, 0.25) is 0 Å². The molecule has 2 amide bonds. The molecule has 0 unspecified atom stereocenters. The number of fused-ring (bicyclic) bond motifs is 1. The van der Waals surface area contributed by atoms with Crippen molar-refractivity contribution in [3.63, 3.8) is 0 Å². The van der Waals surface area contributed by atoms with Gasteiger partial charge in [-0.15, -0.1) is 0 Å². The molecule has 1 aliphatic heterocycles. The number of nitro benzene ring substituents is 1. The fourth-order valence-corrected chi connectivity index (χ4v) is 6.36. The highest BCUT2D eigenvalue weighted by Gasteiger charge is 2.24. The molecule has 2 N–H and O–H groups in total.